The summed E-state index contributed by atoms with van der Waals surface area (Å²) in [5.74, 6) is -0.495. The van der Waals surface area contributed by atoms with Gasteiger partial charge in [-0.3, -0.25) is 14.4 Å². The van der Waals surface area contributed by atoms with Gasteiger partial charge >= 0.3 is 5.97 Å². The van der Waals surface area contributed by atoms with Crippen LogP contribution in [0.2, 0.25) is 5.02 Å². The number of pyridine rings is 1. The topological polar surface area (TPSA) is 139 Å². The summed E-state index contributed by atoms with van der Waals surface area (Å²) < 4.78 is 7.15. The molecule has 11 nitrogen and oxygen atoms in total. The number of hydrogen-bond acceptors (Lipinski definition) is 8. The molecule has 0 atom stereocenters. The third-order valence-electron chi connectivity index (χ3n) is 6.27. The first-order valence-corrected chi connectivity index (χ1v) is 12.5. The van der Waals surface area contributed by atoms with Crippen LogP contribution in [0.15, 0.2) is 35.3 Å². The average Bonchev–Trinajstić information content (AvgIpc) is 2.90. The Balaban J connectivity index is 1.61. The maximum absolute atomic E-state index is 13.0. The maximum Gasteiger partial charge on any atom is 0.306 e. The molecular formula is C25H29ClN6O5. The number of ether oxygens (including phenoxy) is 1. The Hall–Kier alpha value is -3.86. The van der Waals surface area contributed by atoms with Crippen LogP contribution in [0.3, 0.4) is 0 Å². The molecule has 3 heterocycles. The number of amides is 1. The summed E-state index contributed by atoms with van der Waals surface area (Å²) in [6, 6.07) is 7.14. The van der Waals surface area contributed by atoms with E-state index in [-0.39, 0.29) is 29.7 Å². The van der Waals surface area contributed by atoms with Crippen LogP contribution in [-0.4, -0.2) is 58.3 Å². The van der Waals surface area contributed by atoms with Crippen molar-refractivity contribution < 1.29 is 19.4 Å². The third kappa shape index (κ3) is 5.93. The number of anilines is 3. The lowest BCUT2D eigenvalue weighted by molar-refractivity contribution is -0.142. The highest BCUT2D eigenvalue weighted by Gasteiger charge is 2.26. The zero-order chi connectivity index (χ0) is 26.5. The number of aliphatic carboxylic acids is 1. The molecule has 3 N–H and O–H groups in total. The highest BCUT2D eigenvalue weighted by molar-refractivity contribution is 6.32. The number of carbonyl (C=O) groups is 2. The molecule has 3 aromatic rings. The number of piperidine rings is 1. The fourth-order valence-corrected chi connectivity index (χ4v) is 4.40. The molecule has 12 heteroatoms. The third-order valence-corrected chi connectivity index (χ3v) is 6.54. The lowest BCUT2D eigenvalue weighted by atomic mass is 9.97. The summed E-state index contributed by atoms with van der Waals surface area (Å²) in [6.45, 7) is 3.30. The molecule has 4 rings (SSSR count). The predicted molar refractivity (Wildman–Crippen MR) is 141 cm³/mol. The molecule has 196 valence electrons. The quantitative estimate of drug-likeness (QED) is 0.382. The fraction of sp³-hybridized carbons (Fsp3) is 0.400. The Morgan fingerprint density at radius 3 is 2.68 bits per heavy atom. The number of halogens is 1. The SMILES string of the molecule is CCCn1c(=O)c(OCC(=O)NC)cc2cc(Nc3nc(N4CCC(C(=O)O)CC4)ncc3Cl)ccc21. The number of likely N-dealkylation sites (N-methyl/N-ethyl adjacent to an activating group) is 1. The van der Waals surface area contributed by atoms with Gasteiger partial charge in [0, 0.05) is 37.8 Å². The molecule has 1 saturated heterocycles. The Kier molecular flexibility index (Phi) is 8.12. The van der Waals surface area contributed by atoms with E-state index in [0.29, 0.717) is 55.0 Å². The van der Waals surface area contributed by atoms with Crippen LogP contribution in [0.1, 0.15) is 26.2 Å². The number of aryl methyl sites for hydroxylation is 1. The van der Waals surface area contributed by atoms with E-state index in [0.717, 1.165) is 17.3 Å². The van der Waals surface area contributed by atoms with Crippen molar-refractivity contribution in [3.63, 3.8) is 0 Å². The highest BCUT2D eigenvalue weighted by atomic mass is 35.5. The van der Waals surface area contributed by atoms with Crippen LogP contribution in [0.5, 0.6) is 5.75 Å². The molecule has 0 unspecified atom stereocenters. The normalized spacial score (nSPS) is 14.0. The van der Waals surface area contributed by atoms with Gasteiger partial charge < -0.3 is 29.9 Å². The van der Waals surface area contributed by atoms with E-state index < -0.39 is 5.97 Å². The number of benzene rings is 1. The minimum atomic E-state index is -0.776. The predicted octanol–water partition coefficient (Wildman–Crippen LogP) is 3.02. The summed E-state index contributed by atoms with van der Waals surface area (Å²) in [7, 11) is 1.50. The summed E-state index contributed by atoms with van der Waals surface area (Å²) in [5.41, 5.74) is 1.12. The first kappa shape index (κ1) is 26.2. The Labute approximate surface area is 218 Å². The van der Waals surface area contributed by atoms with Crippen LogP contribution < -0.4 is 25.8 Å². The van der Waals surface area contributed by atoms with Gasteiger partial charge in [0.05, 0.1) is 17.6 Å². The van der Waals surface area contributed by atoms with Crippen LogP contribution in [0, 0.1) is 5.92 Å². The Morgan fingerprint density at radius 2 is 2.00 bits per heavy atom. The van der Waals surface area contributed by atoms with Gasteiger partial charge in [-0.1, -0.05) is 18.5 Å². The standard InChI is InChI=1S/C25H29ClN6O5/c1-3-8-32-19-5-4-17(11-16(19)12-20(23(32)34)37-14-21(33)27-2)29-22-18(26)13-28-25(30-22)31-9-6-15(7-10-31)24(35)36/h4-5,11-13,15H,3,6-10,14H2,1-2H3,(H,27,33)(H,35,36)(H,28,29,30). The Morgan fingerprint density at radius 1 is 1.24 bits per heavy atom. The molecule has 1 aromatic carbocycles. The van der Waals surface area contributed by atoms with Gasteiger partial charge in [-0.25, -0.2) is 4.98 Å². The molecule has 0 spiro atoms. The van der Waals surface area contributed by atoms with Gasteiger partial charge in [0.1, 0.15) is 5.02 Å². The first-order valence-electron chi connectivity index (χ1n) is 12.1. The van der Waals surface area contributed by atoms with E-state index in [4.69, 9.17) is 16.3 Å². The van der Waals surface area contributed by atoms with Gasteiger partial charge in [-0.05, 0) is 43.5 Å². The van der Waals surface area contributed by atoms with Gasteiger partial charge in [0.2, 0.25) is 5.95 Å². The Bertz CT molecular complexity index is 1370. The van der Waals surface area contributed by atoms with E-state index >= 15 is 0 Å². The maximum atomic E-state index is 13.0. The van der Waals surface area contributed by atoms with Crippen LogP contribution in [0.25, 0.3) is 10.9 Å². The van der Waals surface area contributed by atoms with E-state index in [1.807, 2.05) is 30.0 Å². The zero-order valence-corrected chi connectivity index (χ0v) is 21.4. The molecule has 1 fully saturated rings. The molecular weight excluding hydrogens is 500 g/mol. The van der Waals surface area contributed by atoms with E-state index in [2.05, 4.69) is 20.6 Å². The number of carboxylic acids is 1. The molecule has 0 radical (unpaired) electrons. The van der Waals surface area contributed by atoms with E-state index in [9.17, 15) is 19.5 Å². The van der Waals surface area contributed by atoms with Crippen LogP contribution in [-0.2, 0) is 16.1 Å². The number of nitrogens with one attached hydrogen (secondary N) is 2. The monoisotopic (exact) mass is 528 g/mol. The molecule has 1 amide bonds. The summed E-state index contributed by atoms with van der Waals surface area (Å²) in [4.78, 5) is 46.7. The van der Waals surface area contributed by atoms with Crippen molar-refractivity contribution in [2.75, 3.05) is 37.0 Å². The van der Waals surface area contributed by atoms with Gasteiger partial charge in [0.25, 0.3) is 11.5 Å². The van der Waals surface area contributed by atoms with Crippen molar-refractivity contribution in [3.8, 4) is 5.75 Å². The molecule has 2 aromatic heterocycles. The van der Waals surface area contributed by atoms with Gasteiger partial charge in [-0.2, -0.15) is 4.98 Å². The van der Waals surface area contributed by atoms with Gasteiger partial charge in [-0.15, -0.1) is 0 Å². The van der Waals surface area contributed by atoms with Crippen molar-refractivity contribution in [1.29, 1.82) is 0 Å². The molecule has 0 bridgehead atoms. The van der Waals surface area contributed by atoms with E-state index in [1.54, 1.807) is 10.6 Å². The minimum Gasteiger partial charge on any atom is -0.481 e. The van der Waals surface area contributed by atoms with Gasteiger partial charge in [0.15, 0.2) is 18.2 Å². The smallest absolute Gasteiger partial charge is 0.306 e. The number of fused-ring (bicyclic) bond motifs is 1. The van der Waals surface area contributed by atoms with Crippen molar-refractivity contribution in [2.24, 2.45) is 5.92 Å². The van der Waals surface area contributed by atoms with Crippen molar-refractivity contribution in [1.82, 2.24) is 19.9 Å². The summed E-state index contributed by atoms with van der Waals surface area (Å²) in [6.07, 6.45) is 3.31. The lowest BCUT2D eigenvalue weighted by Crippen LogP contribution is -2.37. The summed E-state index contributed by atoms with van der Waals surface area (Å²) in [5, 5.41) is 16.0. The molecule has 0 saturated carbocycles. The van der Waals surface area contributed by atoms with E-state index in [1.165, 1.54) is 13.2 Å². The van der Waals surface area contributed by atoms with Crippen LogP contribution in [0.4, 0.5) is 17.5 Å². The average molecular weight is 529 g/mol. The second kappa shape index (κ2) is 11.5. The number of nitrogens with zero attached hydrogens (tertiary/aromatic N) is 4. The largest absolute Gasteiger partial charge is 0.481 e. The number of rotatable bonds is 9. The van der Waals surface area contributed by atoms with Crippen molar-refractivity contribution in [2.45, 2.75) is 32.7 Å². The van der Waals surface area contributed by atoms with Crippen LogP contribution >= 0.6 is 11.6 Å². The number of aromatic nitrogens is 3. The zero-order valence-electron chi connectivity index (χ0n) is 20.7. The number of hydrogen-bond donors (Lipinski definition) is 3. The van der Waals surface area contributed by atoms with Crippen molar-refractivity contribution >= 4 is 51.8 Å². The lowest BCUT2D eigenvalue weighted by Gasteiger charge is -2.30. The molecule has 37 heavy (non-hydrogen) atoms. The minimum absolute atomic E-state index is 0.0915. The molecule has 0 aliphatic carbocycles. The molecule has 1 aliphatic heterocycles. The summed E-state index contributed by atoms with van der Waals surface area (Å²) >= 11 is 6.38. The fourth-order valence-electron chi connectivity index (χ4n) is 4.26. The second-order valence-corrected chi connectivity index (χ2v) is 9.20. The highest BCUT2D eigenvalue weighted by Crippen LogP contribution is 2.29. The first-order chi connectivity index (χ1) is 17.8. The van der Waals surface area contributed by atoms with Crippen molar-refractivity contribution in [3.05, 3.63) is 45.8 Å². The second-order valence-electron chi connectivity index (χ2n) is 8.79. The molecule has 1 aliphatic rings. The number of carboxylic acid groups (broad SMARTS) is 1. The number of carbonyl (C=O) groups excluding carboxylic acids is 1.